The minimum absolute atomic E-state index is 0.301. The first kappa shape index (κ1) is 20.9. The number of carbonyl (C=O) groups is 2. The standard InChI is InChI=1S/C23H20N4O5/c1-30-17-9-16(10-18(11-17)31-2)25-21(28)13-32-23(29)14-5-6-19-20(8-14)27-22(26-19)15-4-3-7-24-12-15/h3-12H,13H2,1-2H3,(H,25,28)(H,26,27). The molecule has 0 aliphatic carbocycles. The van der Waals surface area contributed by atoms with Gasteiger partial charge in [0.1, 0.15) is 17.3 Å². The third-order valence-corrected chi connectivity index (χ3v) is 4.62. The first-order chi connectivity index (χ1) is 15.6. The number of carbonyl (C=O) groups excluding carboxylic acids is 2. The number of nitrogens with one attached hydrogen (secondary N) is 2. The second-order valence-electron chi connectivity index (χ2n) is 6.78. The SMILES string of the molecule is COc1cc(NC(=O)COC(=O)c2ccc3nc(-c4cccnc4)[nH]c3c2)cc(OC)c1. The summed E-state index contributed by atoms with van der Waals surface area (Å²) in [7, 11) is 3.02. The Morgan fingerprint density at radius 2 is 1.81 bits per heavy atom. The van der Waals surface area contributed by atoms with Crippen molar-refractivity contribution in [1.82, 2.24) is 15.0 Å². The quantitative estimate of drug-likeness (QED) is 0.430. The maximum Gasteiger partial charge on any atom is 0.338 e. The van der Waals surface area contributed by atoms with E-state index in [-0.39, 0.29) is 0 Å². The van der Waals surface area contributed by atoms with Gasteiger partial charge in [-0.2, -0.15) is 0 Å². The predicted molar refractivity (Wildman–Crippen MR) is 118 cm³/mol. The van der Waals surface area contributed by atoms with E-state index in [4.69, 9.17) is 14.2 Å². The molecule has 1 amide bonds. The molecule has 9 heteroatoms. The zero-order chi connectivity index (χ0) is 22.5. The Hall–Kier alpha value is -4.40. The van der Waals surface area contributed by atoms with Gasteiger partial charge in [0.25, 0.3) is 5.91 Å². The highest BCUT2D eigenvalue weighted by molar-refractivity contribution is 5.97. The Morgan fingerprint density at radius 3 is 2.50 bits per heavy atom. The van der Waals surface area contributed by atoms with Crippen LogP contribution in [0.3, 0.4) is 0 Å². The highest BCUT2D eigenvalue weighted by atomic mass is 16.5. The first-order valence-electron chi connectivity index (χ1n) is 9.66. The van der Waals surface area contributed by atoms with Crippen LogP contribution < -0.4 is 14.8 Å². The number of aromatic nitrogens is 3. The Labute approximate surface area is 183 Å². The Bertz CT molecular complexity index is 1250. The fourth-order valence-corrected chi connectivity index (χ4v) is 3.07. The molecule has 0 atom stereocenters. The van der Waals surface area contributed by atoms with Crippen molar-refractivity contribution in [3.8, 4) is 22.9 Å². The number of imidazole rings is 1. The molecule has 0 fully saturated rings. The van der Waals surface area contributed by atoms with Crippen LogP contribution in [-0.4, -0.2) is 47.7 Å². The second-order valence-corrected chi connectivity index (χ2v) is 6.78. The summed E-state index contributed by atoms with van der Waals surface area (Å²) in [4.78, 5) is 36.4. The van der Waals surface area contributed by atoms with Gasteiger partial charge in [0.2, 0.25) is 0 Å². The van der Waals surface area contributed by atoms with Crippen LogP contribution in [0.1, 0.15) is 10.4 Å². The van der Waals surface area contributed by atoms with Gasteiger partial charge >= 0.3 is 5.97 Å². The Kier molecular flexibility index (Phi) is 5.98. The molecule has 2 heterocycles. The minimum atomic E-state index is -0.622. The molecule has 4 rings (SSSR count). The molecule has 0 radical (unpaired) electrons. The van der Waals surface area contributed by atoms with Crippen molar-refractivity contribution >= 4 is 28.6 Å². The zero-order valence-corrected chi connectivity index (χ0v) is 17.4. The molecule has 4 aromatic rings. The number of pyridine rings is 1. The van der Waals surface area contributed by atoms with Crippen LogP contribution in [0, 0.1) is 0 Å². The summed E-state index contributed by atoms with van der Waals surface area (Å²) in [6, 6.07) is 13.6. The van der Waals surface area contributed by atoms with Crippen LogP contribution in [0.5, 0.6) is 11.5 Å². The van der Waals surface area contributed by atoms with E-state index < -0.39 is 18.5 Å². The third-order valence-electron chi connectivity index (χ3n) is 4.62. The summed E-state index contributed by atoms with van der Waals surface area (Å²) < 4.78 is 15.5. The second kappa shape index (κ2) is 9.17. The van der Waals surface area contributed by atoms with Gasteiger partial charge in [-0.1, -0.05) is 0 Å². The maximum atomic E-state index is 12.4. The van der Waals surface area contributed by atoms with Gasteiger partial charge in [0, 0.05) is 41.8 Å². The molecule has 0 saturated carbocycles. The number of nitrogens with zero attached hydrogens (tertiary/aromatic N) is 2. The van der Waals surface area contributed by atoms with Crippen LogP contribution >= 0.6 is 0 Å². The molecule has 2 N–H and O–H groups in total. The van der Waals surface area contributed by atoms with E-state index in [1.807, 2.05) is 12.1 Å². The van der Waals surface area contributed by atoms with Crippen LogP contribution in [0.25, 0.3) is 22.4 Å². The van der Waals surface area contributed by atoms with Crippen LogP contribution in [0.4, 0.5) is 5.69 Å². The fraction of sp³-hybridized carbons (Fsp3) is 0.130. The normalized spacial score (nSPS) is 10.6. The summed E-state index contributed by atoms with van der Waals surface area (Å²) in [5.74, 6) is 0.579. The fourth-order valence-electron chi connectivity index (χ4n) is 3.07. The van der Waals surface area contributed by atoms with E-state index in [1.54, 1.807) is 48.8 Å². The number of fused-ring (bicyclic) bond motifs is 1. The van der Waals surface area contributed by atoms with Crippen LogP contribution in [0.2, 0.25) is 0 Å². The molecule has 2 aromatic heterocycles. The van der Waals surface area contributed by atoms with E-state index in [9.17, 15) is 9.59 Å². The van der Waals surface area contributed by atoms with Crippen LogP contribution in [0.15, 0.2) is 60.9 Å². The smallest absolute Gasteiger partial charge is 0.338 e. The third kappa shape index (κ3) is 4.67. The molecule has 0 aliphatic heterocycles. The number of hydrogen-bond acceptors (Lipinski definition) is 7. The summed E-state index contributed by atoms with van der Waals surface area (Å²) in [5.41, 5.74) is 2.97. The van der Waals surface area contributed by atoms with Crippen molar-refractivity contribution in [2.24, 2.45) is 0 Å². The highest BCUT2D eigenvalue weighted by Gasteiger charge is 2.14. The lowest BCUT2D eigenvalue weighted by atomic mass is 10.2. The molecule has 2 aromatic carbocycles. The molecule has 0 aliphatic rings. The van der Waals surface area contributed by atoms with E-state index >= 15 is 0 Å². The molecular formula is C23H20N4O5. The van der Waals surface area contributed by atoms with Gasteiger partial charge in [0.05, 0.1) is 30.8 Å². The number of esters is 1. The number of rotatable bonds is 7. The molecule has 0 unspecified atom stereocenters. The lowest BCUT2D eigenvalue weighted by Gasteiger charge is -2.10. The summed E-state index contributed by atoms with van der Waals surface area (Å²) in [6.45, 7) is -0.444. The number of methoxy groups -OCH3 is 2. The van der Waals surface area contributed by atoms with Crippen molar-refractivity contribution in [1.29, 1.82) is 0 Å². The first-order valence-corrected chi connectivity index (χ1v) is 9.66. The van der Waals surface area contributed by atoms with Crippen LogP contribution in [-0.2, 0) is 9.53 Å². The van der Waals surface area contributed by atoms with E-state index in [2.05, 4.69) is 20.3 Å². The van der Waals surface area contributed by atoms with Crippen molar-refractivity contribution in [2.75, 3.05) is 26.1 Å². The van der Waals surface area contributed by atoms with E-state index in [1.165, 1.54) is 14.2 Å². The Morgan fingerprint density at radius 1 is 1.03 bits per heavy atom. The molecule has 9 nitrogen and oxygen atoms in total. The van der Waals surface area contributed by atoms with Gasteiger partial charge in [-0.15, -0.1) is 0 Å². The van der Waals surface area contributed by atoms with Crippen molar-refractivity contribution in [3.63, 3.8) is 0 Å². The summed E-state index contributed by atoms with van der Waals surface area (Å²) in [6.07, 6.45) is 3.38. The zero-order valence-electron chi connectivity index (χ0n) is 17.4. The van der Waals surface area contributed by atoms with Gasteiger partial charge < -0.3 is 24.5 Å². The molecule has 0 bridgehead atoms. The predicted octanol–water partition coefficient (Wildman–Crippen LogP) is 3.44. The molecular weight excluding hydrogens is 412 g/mol. The van der Waals surface area contributed by atoms with Gasteiger partial charge in [-0.05, 0) is 30.3 Å². The highest BCUT2D eigenvalue weighted by Crippen LogP contribution is 2.26. The minimum Gasteiger partial charge on any atom is -0.497 e. The summed E-state index contributed by atoms with van der Waals surface area (Å²) >= 11 is 0. The molecule has 0 spiro atoms. The largest absolute Gasteiger partial charge is 0.497 e. The molecule has 162 valence electrons. The lowest BCUT2D eigenvalue weighted by molar-refractivity contribution is -0.119. The maximum absolute atomic E-state index is 12.4. The van der Waals surface area contributed by atoms with Crippen molar-refractivity contribution < 1.29 is 23.8 Å². The number of anilines is 1. The number of H-pyrrole nitrogens is 1. The number of amides is 1. The topological polar surface area (TPSA) is 115 Å². The van der Waals surface area contributed by atoms with Crippen molar-refractivity contribution in [2.45, 2.75) is 0 Å². The Balaban J connectivity index is 1.41. The van der Waals surface area contributed by atoms with Gasteiger partial charge in [0.15, 0.2) is 6.61 Å². The average molecular weight is 432 g/mol. The molecule has 0 saturated heterocycles. The number of ether oxygens (including phenoxy) is 3. The monoisotopic (exact) mass is 432 g/mol. The van der Waals surface area contributed by atoms with Gasteiger partial charge in [-0.3, -0.25) is 9.78 Å². The van der Waals surface area contributed by atoms with E-state index in [0.29, 0.717) is 39.6 Å². The number of benzene rings is 2. The van der Waals surface area contributed by atoms with E-state index in [0.717, 1.165) is 5.56 Å². The molecule has 32 heavy (non-hydrogen) atoms. The van der Waals surface area contributed by atoms with Gasteiger partial charge in [-0.25, -0.2) is 9.78 Å². The summed E-state index contributed by atoms with van der Waals surface area (Å²) in [5, 5.41) is 2.65. The lowest BCUT2D eigenvalue weighted by Crippen LogP contribution is -2.21. The average Bonchev–Trinajstić information content (AvgIpc) is 3.26. The van der Waals surface area contributed by atoms with Crippen molar-refractivity contribution in [3.05, 3.63) is 66.5 Å². The number of aromatic amines is 1. The number of hydrogen-bond donors (Lipinski definition) is 2.